The molecule has 1 aromatic heterocycles. The van der Waals surface area contributed by atoms with Crippen LogP contribution in [-0.2, 0) is 5.41 Å². The Bertz CT molecular complexity index is 3000. The normalized spacial score (nSPS) is 26.2. The molecule has 59 heavy (non-hydrogen) atoms. The second-order valence-electron chi connectivity index (χ2n) is 18.8. The summed E-state index contributed by atoms with van der Waals surface area (Å²) >= 11 is 0. The number of nitrogens with zero attached hydrogens (tertiary/aromatic N) is 2. The van der Waals surface area contributed by atoms with Crippen LogP contribution in [-0.4, -0.2) is 10.1 Å². The van der Waals surface area contributed by atoms with E-state index in [0.29, 0.717) is 0 Å². The van der Waals surface area contributed by atoms with Gasteiger partial charge in [-0.3, -0.25) is 0 Å². The lowest BCUT2D eigenvalue weighted by Gasteiger charge is -2.61. The molecule has 2 nitrogen and oxygen atoms in total. The Kier molecular flexibility index (Phi) is 7.13. The zero-order chi connectivity index (χ0) is 38.9. The fraction of sp³-hybridized carbons (Fsp3) is 0.228. The Labute approximate surface area is 347 Å². The van der Waals surface area contributed by atoms with Crippen molar-refractivity contribution in [3.8, 4) is 16.8 Å². The van der Waals surface area contributed by atoms with Gasteiger partial charge in [0.1, 0.15) is 0 Å². The summed E-state index contributed by atoms with van der Waals surface area (Å²) in [6.45, 7) is 2.43. The minimum absolute atomic E-state index is 0.176. The lowest BCUT2D eigenvalue weighted by molar-refractivity contribution is -0.0399. The van der Waals surface area contributed by atoms with Crippen molar-refractivity contribution in [3.63, 3.8) is 0 Å². The second kappa shape index (κ2) is 12.4. The summed E-state index contributed by atoms with van der Waals surface area (Å²) in [5.41, 5.74) is 14.9. The Morgan fingerprint density at radius 2 is 1.20 bits per heavy atom. The molecule has 14 rings (SSSR count). The highest BCUT2D eigenvalue weighted by Crippen LogP contribution is 2.69. The third-order valence-corrected chi connectivity index (χ3v) is 15.7. The zero-order valence-electron chi connectivity index (χ0n) is 33.7. The molecule has 0 N–H and O–H groups in total. The zero-order valence-corrected chi connectivity index (χ0v) is 33.7. The van der Waals surface area contributed by atoms with Gasteiger partial charge in [0.05, 0.1) is 16.6 Å². The molecule has 4 saturated carbocycles. The molecule has 0 saturated heterocycles. The first-order valence-corrected chi connectivity index (χ1v) is 22.1. The number of anilines is 2. The number of fused-ring (bicyclic) bond motifs is 7. The van der Waals surface area contributed by atoms with Crippen LogP contribution in [0.2, 0.25) is 0 Å². The highest BCUT2D eigenvalue weighted by molar-refractivity contribution is 6.09. The summed E-state index contributed by atoms with van der Waals surface area (Å²) < 4.78 is 2.44. The van der Waals surface area contributed by atoms with Gasteiger partial charge in [0.2, 0.25) is 0 Å². The van der Waals surface area contributed by atoms with E-state index >= 15 is 0 Å². The van der Waals surface area contributed by atoms with Gasteiger partial charge in [0, 0.05) is 38.6 Å². The molecule has 1 atom stereocenters. The van der Waals surface area contributed by atoms with Crippen LogP contribution in [0.4, 0.5) is 11.4 Å². The van der Waals surface area contributed by atoms with Crippen LogP contribution in [0.15, 0.2) is 176 Å². The van der Waals surface area contributed by atoms with Crippen molar-refractivity contribution in [2.24, 2.45) is 23.7 Å². The second-order valence-corrected chi connectivity index (χ2v) is 18.8. The fourth-order valence-electron chi connectivity index (χ4n) is 13.5. The lowest BCUT2D eigenvalue weighted by Crippen LogP contribution is -2.55. The average molecular weight is 761 g/mol. The van der Waals surface area contributed by atoms with Crippen LogP contribution in [0, 0.1) is 23.7 Å². The number of allylic oxidation sites excluding steroid dienone is 2. The van der Waals surface area contributed by atoms with E-state index in [4.69, 9.17) is 0 Å². The van der Waals surface area contributed by atoms with Crippen molar-refractivity contribution in [1.29, 1.82) is 0 Å². The van der Waals surface area contributed by atoms with E-state index in [-0.39, 0.29) is 11.0 Å². The van der Waals surface area contributed by atoms with Crippen LogP contribution in [0.5, 0.6) is 0 Å². The molecule has 1 unspecified atom stereocenters. The van der Waals surface area contributed by atoms with Gasteiger partial charge < -0.3 is 9.47 Å². The molecule has 1 heterocycles. The van der Waals surface area contributed by atoms with Crippen LogP contribution < -0.4 is 4.90 Å². The first kappa shape index (κ1) is 33.8. The van der Waals surface area contributed by atoms with Crippen LogP contribution in [0.1, 0.15) is 62.1 Å². The molecule has 4 fully saturated rings. The third kappa shape index (κ3) is 4.75. The SMILES string of the molecule is CC1(N(c2cccc(-n3c4ccccc4c4ccccc43)c2)c2cccc3ccccc23)C=CC(c2ccc3c(c2)C2(c4ccccc4-3)C3CC4CC(C3)CC2C4)=CC1. The molecule has 2 heteroatoms. The maximum atomic E-state index is 2.65. The molecule has 0 amide bonds. The molecule has 0 radical (unpaired) electrons. The summed E-state index contributed by atoms with van der Waals surface area (Å²) in [5, 5.41) is 5.08. The summed E-state index contributed by atoms with van der Waals surface area (Å²) in [6.07, 6.45) is 15.5. The van der Waals surface area contributed by atoms with Crippen LogP contribution >= 0.6 is 0 Å². The van der Waals surface area contributed by atoms with Crippen molar-refractivity contribution in [3.05, 3.63) is 193 Å². The van der Waals surface area contributed by atoms with Gasteiger partial charge in [-0.25, -0.2) is 0 Å². The predicted molar refractivity (Wildman–Crippen MR) is 247 cm³/mol. The van der Waals surface area contributed by atoms with Crippen molar-refractivity contribution in [1.82, 2.24) is 4.57 Å². The van der Waals surface area contributed by atoms with Crippen LogP contribution in [0.25, 0.3) is 55.0 Å². The highest BCUT2D eigenvalue weighted by Gasteiger charge is 2.61. The lowest BCUT2D eigenvalue weighted by atomic mass is 9.43. The summed E-state index contributed by atoms with van der Waals surface area (Å²) in [7, 11) is 0. The van der Waals surface area contributed by atoms with E-state index in [9.17, 15) is 0 Å². The first-order valence-electron chi connectivity index (χ1n) is 22.1. The number of aromatic nitrogens is 1. The summed E-state index contributed by atoms with van der Waals surface area (Å²) in [6, 6.07) is 59.5. The van der Waals surface area contributed by atoms with Crippen molar-refractivity contribution >= 4 is 49.5 Å². The van der Waals surface area contributed by atoms with Crippen molar-refractivity contribution in [2.45, 2.75) is 56.4 Å². The molecule has 8 aromatic rings. The van der Waals surface area contributed by atoms with E-state index in [1.165, 1.54) is 104 Å². The molecule has 0 aliphatic heterocycles. The number of rotatable bonds is 5. The van der Waals surface area contributed by atoms with E-state index in [2.05, 4.69) is 192 Å². The standard InChI is InChI=1S/C57H48N2/c1-56(28-26-39(27-29-56)41-24-25-48-47-17-4-7-20-51(47)57(52(48)35-41)42-31-37-30-38(33-42)34-43(57)32-37)59(55-23-10-13-40-12-2-3-16-46(40)55)45-15-11-14-44(36-45)58-53-21-8-5-18-49(53)50-19-6-9-22-54(50)58/h2-28,35-38,42-43H,29-34H2,1H3. The van der Waals surface area contributed by atoms with E-state index in [0.717, 1.165) is 30.1 Å². The molecule has 7 aromatic carbocycles. The number of hydrogen-bond acceptors (Lipinski definition) is 1. The predicted octanol–water partition coefficient (Wildman–Crippen LogP) is 14.6. The molecular formula is C57H48N2. The quantitative estimate of drug-likeness (QED) is 0.170. The van der Waals surface area contributed by atoms with Gasteiger partial charge in [-0.05, 0) is 150 Å². The van der Waals surface area contributed by atoms with Crippen LogP contribution in [0.3, 0.4) is 0 Å². The monoisotopic (exact) mass is 760 g/mol. The fourth-order valence-corrected chi connectivity index (χ4v) is 13.5. The van der Waals surface area contributed by atoms with E-state index < -0.39 is 0 Å². The topological polar surface area (TPSA) is 8.17 Å². The van der Waals surface area contributed by atoms with E-state index in [1.54, 1.807) is 11.1 Å². The molecule has 1 spiro atoms. The van der Waals surface area contributed by atoms with Gasteiger partial charge in [0.25, 0.3) is 0 Å². The molecule has 6 aliphatic carbocycles. The van der Waals surface area contributed by atoms with Gasteiger partial charge in [-0.2, -0.15) is 0 Å². The Morgan fingerprint density at radius 1 is 0.559 bits per heavy atom. The Balaban J connectivity index is 0.924. The molecular weight excluding hydrogens is 713 g/mol. The Morgan fingerprint density at radius 3 is 1.95 bits per heavy atom. The van der Waals surface area contributed by atoms with Gasteiger partial charge in [0.15, 0.2) is 0 Å². The molecule has 4 bridgehead atoms. The third-order valence-electron chi connectivity index (χ3n) is 15.7. The van der Waals surface area contributed by atoms with Gasteiger partial charge in [-0.15, -0.1) is 0 Å². The number of para-hydroxylation sites is 2. The first-order chi connectivity index (χ1) is 29.1. The smallest absolute Gasteiger partial charge is 0.0643 e. The molecule has 286 valence electrons. The summed E-state index contributed by atoms with van der Waals surface area (Å²) in [5.74, 6) is 3.42. The molecule has 6 aliphatic rings. The minimum Gasteiger partial charge on any atom is -0.331 e. The number of benzene rings is 7. The largest absolute Gasteiger partial charge is 0.331 e. The van der Waals surface area contributed by atoms with Crippen molar-refractivity contribution in [2.75, 3.05) is 4.90 Å². The average Bonchev–Trinajstić information content (AvgIpc) is 3.76. The Hall–Kier alpha value is -6.12. The van der Waals surface area contributed by atoms with Gasteiger partial charge in [-0.1, -0.05) is 133 Å². The van der Waals surface area contributed by atoms with E-state index in [1.807, 2.05) is 0 Å². The summed E-state index contributed by atoms with van der Waals surface area (Å²) in [4.78, 5) is 2.61. The van der Waals surface area contributed by atoms with Gasteiger partial charge >= 0.3 is 0 Å². The number of hydrogen-bond donors (Lipinski definition) is 0. The minimum atomic E-state index is -0.317. The maximum absolute atomic E-state index is 2.65. The maximum Gasteiger partial charge on any atom is 0.0643 e. The van der Waals surface area contributed by atoms with Crippen molar-refractivity contribution < 1.29 is 0 Å². The highest BCUT2D eigenvalue weighted by atomic mass is 15.2.